The van der Waals surface area contributed by atoms with E-state index in [9.17, 15) is 9.59 Å². The van der Waals surface area contributed by atoms with Gasteiger partial charge in [0.2, 0.25) is 11.8 Å². The molecule has 0 saturated heterocycles. The van der Waals surface area contributed by atoms with Crippen molar-refractivity contribution >= 4 is 11.8 Å². The van der Waals surface area contributed by atoms with E-state index < -0.39 is 0 Å². The number of carbonyl (C=O) groups excluding carboxylic acids is 2. The van der Waals surface area contributed by atoms with Crippen LogP contribution in [0, 0.1) is 0 Å². The molecule has 0 spiro atoms. The molecular weight excluding hydrogens is 254 g/mol. The van der Waals surface area contributed by atoms with Crippen LogP contribution in [0.3, 0.4) is 0 Å². The Morgan fingerprint density at radius 2 is 1.85 bits per heavy atom. The Morgan fingerprint density at radius 1 is 1.20 bits per heavy atom. The van der Waals surface area contributed by atoms with Gasteiger partial charge in [0.1, 0.15) is 0 Å². The first-order valence-corrected chi connectivity index (χ1v) is 6.96. The third kappa shape index (κ3) is 3.81. The zero-order valence-corrected chi connectivity index (χ0v) is 11.8. The third-order valence-electron chi connectivity index (χ3n) is 3.42. The van der Waals surface area contributed by atoms with Crippen molar-refractivity contribution in [1.29, 1.82) is 0 Å². The number of fused-ring (bicyclic) bond motifs is 1. The van der Waals surface area contributed by atoms with E-state index in [0.717, 1.165) is 0 Å². The molecule has 1 heterocycles. The standard InChI is InChI=1S/C15H21N3O2/c1-16-9-14(19)17-8-4-7-15(20)18-10-12-5-2-3-6-13(12)11-18/h2-3,5-6,16H,4,7-11H2,1H3,(H,17,19). The number of likely N-dealkylation sites (N-methyl/N-ethyl adjacent to an activating group) is 1. The van der Waals surface area contributed by atoms with E-state index in [0.29, 0.717) is 39.0 Å². The fourth-order valence-electron chi connectivity index (χ4n) is 2.36. The molecule has 2 N–H and O–H groups in total. The largest absolute Gasteiger partial charge is 0.355 e. The second-order valence-electron chi connectivity index (χ2n) is 5.00. The van der Waals surface area contributed by atoms with Gasteiger partial charge in [-0.1, -0.05) is 24.3 Å². The molecule has 0 saturated carbocycles. The molecule has 0 aliphatic carbocycles. The van der Waals surface area contributed by atoms with E-state index in [1.807, 2.05) is 17.0 Å². The fourth-order valence-corrected chi connectivity index (χ4v) is 2.36. The molecule has 1 aliphatic rings. The van der Waals surface area contributed by atoms with Crippen LogP contribution in [0.4, 0.5) is 0 Å². The molecule has 1 aliphatic heterocycles. The van der Waals surface area contributed by atoms with E-state index in [-0.39, 0.29) is 11.8 Å². The number of amides is 2. The maximum Gasteiger partial charge on any atom is 0.233 e. The Hall–Kier alpha value is -1.88. The first-order chi connectivity index (χ1) is 9.70. The maximum absolute atomic E-state index is 12.1. The van der Waals surface area contributed by atoms with E-state index >= 15 is 0 Å². The van der Waals surface area contributed by atoms with Crippen LogP contribution >= 0.6 is 0 Å². The van der Waals surface area contributed by atoms with Gasteiger partial charge in [-0.25, -0.2) is 0 Å². The molecule has 108 valence electrons. The molecule has 2 rings (SSSR count). The lowest BCUT2D eigenvalue weighted by Gasteiger charge is -2.15. The van der Waals surface area contributed by atoms with Crippen molar-refractivity contribution in [3.05, 3.63) is 35.4 Å². The number of rotatable bonds is 6. The van der Waals surface area contributed by atoms with Crippen LogP contribution in [0.15, 0.2) is 24.3 Å². The highest BCUT2D eigenvalue weighted by Gasteiger charge is 2.22. The molecule has 0 aromatic heterocycles. The highest BCUT2D eigenvalue weighted by molar-refractivity contribution is 5.78. The molecular formula is C15H21N3O2. The number of nitrogens with zero attached hydrogens (tertiary/aromatic N) is 1. The van der Waals surface area contributed by atoms with Gasteiger partial charge in [-0.2, -0.15) is 0 Å². The molecule has 0 fully saturated rings. The van der Waals surface area contributed by atoms with Crippen LogP contribution in [0.5, 0.6) is 0 Å². The molecule has 0 radical (unpaired) electrons. The van der Waals surface area contributed by atoms with E-state index in [1.54, 1.807) is 7.05 Å². The average molecular weight is 275 g/mol. The molecule has 5 nitrogen and oxygen atoms in total. The summed E-state index contributed by atoms with van der Waals surface area (Å²) in [6.45, 7) is 2.28. The normalized spacial score (nSPS) is 13.2. The summed E-state index contributed by atoms with van der Waals surface area (Å²) in [6, 6.07) is 8.15. The van der Waals surface area contributed by atoms with Gasteiger partial charge in [0.15, 0.2) is 0 Å². The first kappa shape index (κ1) is 14.5. The third-order valence-corrected chi connectivity index (χ3v) is 3.42. The second-order valence-corrected chi connectivity index (χ2v) is 5.00. The summed E-state index contributed by atoms with van der Waals surface area (Å²) in [5.41, 5.74) is 2.48. The van der Waals surface area contributed by atoms with Crippen molar-refractivity contribution in [1.82, 2.24) is 15.5 Å². The molecule has 20 heavy (non-hydrogen) atoms. The van der Waals surface area contributed by atoms with Crippen LogP contribution in [-0.4, -0.2) is 36.9 Å². The number of hydrogen-bond acceptors (Lipinski definition) is 3. The van der Waals surface area contributed by atoms with E-state index in [1.165, 1.54) is 11.1 Å². The molecule has 2 amide bonds. The van der Waals surface area contributed by atoms with Gasteiger partial charge in [-0.3, -0.25) is 9.59 Å². The second kappa shape index (κ2) is 7.05. The Kier molecular flexibility index (Phi) is 5.12. The summed E-state index contributed by atoms with van der Waals surface area (Å²) in [5.74, 6) is 0.123. The molecule has 1 aromatic rings. The molecule has 0 bridgehead atoms. The van der Waals surface area contributed by atoms with Crippen LogP contribution in [0.25, 0.3) is 0 Å². The molecule has 0 unspecified atom stereocenters. The topological polar surface area (TPSA) is 61.4 Å². The number of carbonyl (C=O) groups is 2. The summed E-state index contributed by atoms with van der Waals surface area (Å²) < 4.78 is 0. The predicted octanol–water partition coefficient (Wildman–Crippen LogP) is 0.645. The molecule has 1 aromatic carbocycles. The van der Waals surface area contributed by atoms with Gasteiger partial charge >= 0.3 is 0 Å². The van der Waals surface area contributed by atoms with Crippen LogP contribution in [-0.2, 0) is 22.7 Å². The lowest BCUT2D eigenvalue weighted by atomic mass is 10.1. The van der Waals surface area contributed by atoms with Crippen molar-refractivity contribution in [3.63, 3.8) is 0 Å². The van der Waals surface area contributed by atoms with E-state index in [4.69, 9.17) is 0 Å². The first-order valence-electron chi connectivity index (χ1n) is 6.96. The molecule has 5 heteroatoms. The van der Waals surface area contributed by atoms with Crippen molar-refractivity contribution in [2.24, 2.45) is 0 Å². The van der Waals surface area contributed by atoms with Crippen LogP contribution in [0.2, 0.25) is 0 Å². The summed E-state index contributed by atoms with van der Waals surface area (Å²) >= 11 is 0. The highest BCUT2D eigenvalue weighted by atomic mass is 16.2. The number of hydrogen-bond donors (Lipinski definition) is 2. The highest BCUT2D eigenvalue weighted by Crippen LogP contribution is 2.22. The summed E-state index contributed by atoms with van der Waals surface area (Å²) in [4.78, 5) is 25.2. The summed E-state index contributed by atoms with van der Waals surface area (Å²) in [5, 5.41) is 5.56. The van der Waals surface area contributed by atoms with E-state index in [2.05, 4.69) is 22.8 Å². The van der Waals surface area contributed by atoms with Crippen molar-refractivity contribution in [2.45, 2.75) is 25.9 Å². The minimum atomic E-state index is -0.0338. The van der Waals surface area contributed by atoms with Gasteiger partial charge < -0.3 is 15.5 Å². The van der Waals surface area contributed by atoms with Crippen LogP contribution in [0.1, 0.15) is 24.0 Å². The van der Waals surface area contributed by atoms with Crippen molar-refractivity contribution < 1.29 is 9.59 Å². The van der Waals surface area contributed by atoms with Crippen molar-refractivity contribution in [2.75, 3.05) is 20.1 Å². The van der Waals surface area contributed by atoms with Crippen molar-refractivity contribution in [3.8, 4) is 0 Å². The minimum absolute atomic E-state index is 0.0338. The fraction of sp³-hybridized carbons (Fsp3) is 0.467. The zero-order chi connectivity index (χ0) is 14.4. The lowest BCUT2D eigenvalue weighted by molar-refractivity contribution is -0.132. The van der Waals surface area contributed by atoms with Gasteiger partial charge in [0, 0.05) is 26.1 Å². The smallest absolute Gasteiger partial charge is 0.233 e. The van der Waals surface area contributed by atoms with Gasteiger partial charge in [-0.05, 0) is 24.6 Å². The number of nitrogens with one attached hydrogen (secondary N) is 2. The monoisotopic (exact) mass is 275 g/mol. The lowest BCUT2D eigenvalue weighted by Crippen LogP contribution is -2.33. The van der Waals surface area contributed by atoms with Gasteiger partial charge in [0.05, 0.1) is 6.54 Å². The Bertz CT molecular complexity index is 463. The number of benzene rings is 1. The average Bonchev–Trinajstić information content (AvgIpc) is 2.87. The molecule has 0 atom stereocenters. The summed E-state index contributed by atoms with van der Waals surface area (Å²) in [7, 11) is 1.73. The SMILES string of the molecule is CNCC(=O)NCCCC(=O)N1Cc2ccccc2C1. The quantitative estimate of drug-likeness (QED) is 0.749. The van der Waals surface area contributed by atoms with Gasteiger partial charge in [0.25, 0.3) is 0 Å². The Labute approximate surface area is 119 Å². The summed E-state index contributed by atoms with van der Waals surface area (Å²) in [6.07, 6.45) is 1.16. The minimum Gasteiger partial charge on any atom is -0.355 e. The van der Waals surface area contributed by atoms with Gasteiger partial charge in [-0.15, -0.1) is 0 Å². The predicted molar refractivity (Wildman–Crippen MR) is 76.9 cm³/mol. The Balaban J connectivity index is 1.68. The maximum atomic E-state index is 12.1. The van der Waals surface area contributed by atoms with Crippen LogP contribution < -0.4 is 10.6 Å². The zero-order valence-electron chi connectivity index (χ0n) is 11.8. The Morgan fingerprint density at radius 3 is 2.45 bits per heavy atom.